The number of thiophene rings is 1. The Labute approximate surface area is 157 Å². The highest BCUT2D eigenvalue weighted by Crippen LogP contribution is 2.26. The lowest BCUT2D eigenvalue weighted by atomic mass is 10.2. The molecule has 3 heterocycles. The number of sulfonamides is 1. The fraction of sp³-hybridized carbons (Fsp3) is 0.471. The van der Waals surface area contributed by atoms with E-state index in [-0.39, 0.29) is 22.7 Å². The fourth-order valence-corrected chi connectivity index (χ4v) is 5.04. The van der Waals surface area contributed by atoms with Crippen LogP contribution in [0.4, 0.5) is 0 Å². The average Bonchev–Trinajstić information content (AvgIpc) is 3.36. The maximum Gasteiger partial charge on any atom is 0.250 e. The summed E-state index contributed by atoms with van der Waals surface area (Å²) >= 11 is 1.11. The molecule has 3 rings (SSSR count). The lowest BCUT2D eigenvalue weighted by Gasteiger charge is -2.26. The first kappa shape index (κ1) is 19.1. The normalized spacial score (nSPS) is 16.7. The fourth-order valence-electron chi connectivity index (χ4n) is 3.02. The third kappa shape index (κ3) is 4.73. The minimum atomic E-state index is -3.64. The van der Waals surface area contributed by atoms with Gasteiger partial charge in [0.2, 0.25) is 5.91 Å². The van der Waals surface area contributed by atoms with Crippen molar-refractivity contribution in [3.05, 3.63) is 41.2 Å². The van der Waals surface area contributed by atoms with E-state index < -0.39 is 10.0 Å². The second kappa shape index (κ2) is 8.34. The van der Waals surface area contributed by atoms with Gasteiger partial charge in [0.1, 0.15) is 15.7 Å². The van der Waals surface area contributed by atoms with Gasteiger partial charge in [-0.05, 0) is 56.4 Å². The molecule has 0 aromatic carbocycles. The van der Waals surface area contributed by atoms with Crippen LogP contribution in [0.1, 0.15) is 30.4 Å². The maximum atomic E-state index is 12.1. The highest BCUT2D eigenvalue weighted by molar-refractivity contribution is 7.91. The minimum Gasteiger partial charge on any atom is -0.465 e. The summed E-state index contributed by atoms with van der Waals surface area (Å²) in [5.41, 5.74) is 0. The molecule has 1 aliphatic heterocycles. The van der Waals surface area contributed by atoms with Crippen LogP contribution in [-0.2, 0) is 14.8 Å². The Kier molecular flexibility index (Phi) is 6.13. The molecule has 2 N–H and O–H groups in total. The molecule has 0 aliphatic carbocycles. The molecule has 1 atom stereocenters. The number of carbonyl (C=O) groups is 1. The zero-order chi connectivity index (χ0) is 18.6. The molecule has 26 heavy (non-hydrogen) atoms. The van der Waals surface area contributed by atoms with Gasteiger partial charge in [0, 0.05) is 6.54 Å². The van der Waals surface area contributed by atoms with E-state index in [1.54, 1.807) is 11.4 Å². The monoisotopic (exact) mass is 397 g/mol. The minimum absolute atomic E-state index is 0.0379. The Morgan fingerprint density at radius 3 is 2.69 bits per heavy atom. The van der Waals surface area contributed by atoms with Crippen LogP contribution in [0.5, 0.6) is 0 Å². The van der Waals surface area contributed by atoms with E-state index in [2.05, 4.69) is 14.9 Å². The summed E-state index contributed by atoms with van der Waals surface area (Å²) in [6.07, 6.45) is 2.26. The number of nitrogens with one attached hydrogen (secondary N) is 2. The Bertz CT molecular complexity index is 824. The molecule has 1 amide bonds. The molecular formula is C17H23N3O4S2. The van der Waals surface area contributed by atoms with Crippen molar-refractivity contribution in [2.24, 2.45) is 0 Å². The lowest BCUT2D eigenvalue weighted by Crippen LogP contribution is -2.41. The number of hydrogen-bond acceptors (Lipinski definition) is 6. The zero-order valence-electron chi connectivity index (χ0n) is 14.6. The van der Waals surface area contributed by atoms with E-state index in [0.29, 0.717) is 6.54 Å². The summed E-state index contributed by atoms with van der Waals surface area (Å²) in [4.78, 5) is 14.4. The van der Waals surface area contributed by atoms with Crippen LogP contribution >= 0.6 is 11.3 Å². The van der Waals surface area contributed by atoms with E-state index in [0.717, 1.165) is 48.8 Å². The third-order valence-corrected chi connectivity index (χ3v) is 7.14. The molecule has 2 aromatic heterocycles. The number of carbonyl (C=O) groups excluding carboxylic acids is 1. The van der Waals surface area contributed by atoms with Gasteiger partial charge in [-0.2, -0.15) is 0 Å². The number of hydrogen-bond donors (Lipinski definition) is 2. The first-order chi connectivity index (χ1) is 12.5. The molecule has 2 aromatic rings. The molecule has 142 valence electrons. The lowest BCUT2D eigenvalue weighted by molar-refractivity contribution is -0.120. The van der Waals surface area contributed by atoms with Gasteiger partial charge in [0.15, 0.2) is 0 Å². The predicted molar refractivity (Wildman–Crippen MR) is 99.5 cm³/mol. The molecule has 7 nitrogen and oxygen atoms in total. The van der Waals surface area contributed by atoms with Crippen molar-refractivity contribution < 1.29 is 17.6 Å². The van der Waals surface area contributed by atoms with E-state index in [1.807, 2.05) is 19.1 Å². The Morgan fingerprint density at radius 1 is 1.31 bits per heavy atom. The van der Waals surface area contributed by atoms with E-state index in [1.165, 1.54) is 6.07 Å². The summed E-state index contributed by atoms with van der Waals surface area (Å²) in [6, 6.07) is 6.97. The molecule has 1 aliphatic rings. The third-order valence-electron chi connectivity index (χ3n) is 4.35. The zero-order valence-corrected chi connectivity index (χ0v) is 16.2. The highest BCUT2D eigenvalue weighted by atomic mass is 32.2. The number of furan rings is 1. The van der Waals surface area contributed by atoms with Crippen LogP contribution in [0.15, 0.2) is 38.3 Å². The number of amides is 1. The largest absolute Gasteiger partial charge is 0.465 e. The summed E-state index contributed by atoms with van der Waals surface area (Å²) in [7, 11) is -3.64. The van der Waals surface area contributed by atoms with Crippen molar-refractivity contribution in [1.29, 1.82) is 0 Å². The van der Waals surface area contributed by atoms with Gasteiger partial charge in [-0.3, -0.25) is 9.69 Å². The van der Waals surface area contributed by atoms with Crippen molar-refractivity contribution in [1.82, 2.24) is 14.9 Å². The standard InChI is InChI=1S/C17H23N3O4S2/c1-13-6-7-15(24-13)14(20-8-2-3-9-20)11-18-16(21)12-19-26(22,23)17-5-4-10-25-17/h4-7,10,14,19H,2-3,8-9,11-12H2,1H3,(H,18,21). The summed E-state index contributed by atoms with van der Waals surface area (Å²) in [5.74, 6) is 1.29. The van der Waals surface area contributed by atoms with Crippen LogP contribution in [0.3, 0.4) is 0 Å². The Morgan fingerprint density at radius 2 is 2.08 bits per heavy atom. The molecular weight excluding hydrogens is 374 g/mol. The van der Waals surface area contributed by atoms with Gasteiger partial charge < -0.3 is 9.73 Å². The number of likely N-dealkylation sites (tertiary alicyclic amines) is 1. The second-order valence-electron chi connectivity index (χ2n) is 6.27. The van der Waals surface area contributed by atoms with Crippen LogP contribution in [-0.4, -0.2) is 45.4 Å². The van der Waals surface area contributed by atoms with Crippen molar-refractivity contribution >= 4 is 27.3 Å². The average molecular weight is 398 g/mol. The molecule has 1 fully saturated rings. The maximum absolute atomic E-state index is 12.1. The second-order valence-corrected chi connectivity index (χ2v) is 9.21. The quantitative estimate of drug-likeness (QED) is 0.710. The molecule has 9 heteroatoms. The van der Waals surface area contributed by atoms with Gasteiger partial charge in [-0.15, -0.1) is 11.3 Å². The van der Waals surface area contributed by atoms with Crippen LogP contribution in [0.2, 0.25) is 0 Å². The van der Waals surface area contributed by atoms with Crippen molar-refractivity contribution in [3.8, 4) is 0 Å². The van der Waals surface area contributed by atoms with Gasteiger partial charge in [0.05, 0.1) is 12.6 Å². The predicted octanol–water partition coefficient (Wildman–Crippen LogP) is 1.88. The van der Waals surface area contributed by atoms with Crippen molar-refractivity contribution in [2.45, 2.75) is 30.0 Å². The Hall–Kier alpha value is -1.68. The van der Waals surface area contributed by atoms with E-state index in [9.17, 15) is 13.2 Å². The van der Waals surface area contributed by atoms with Gasteiger partial charge >= 0.3 is 0 Å². The number of nitrogens with zero attached hydrogens (tertiary/aromatic N) is 1. The van der Waals surface area contributed by atoms with E-state index in [4.69, 9.17) is 4.42 Å². The number of rotatable bonds is 8. The first-order valence-corrected chi connectivity index (χ1v) is 10.9. The first-order valence-electron chi connectivity index (χ1n) is 8.56. The topological polar surface area (TPSA) is 91.7 Å². The van der Waals surface area contributed by atoms with Crippen LogP contribution in [0.25, 0.3) is 0 Å². The summed E-state index contributed by atoms with van der Waals surface area (Å²) in [5, 5.41) is 4.50. The molecule has 0 saturated carbocycles. The van der Waals surface area contributed by atoms with Gasteiger partial charge in [-0.25, -0.2) is 13.1 Å². The van der Waals surface area contributed by atoms with Crippen molar-refractivity contribution in [3.63, 3.8) is 0 Å². The summed E-state index contributed by atoms with van der Waals surface area (Å²) < 4.78 is 32.4. The van der Waals surface area contributed by atoms with Crippen molar-refractivity contribution in [2.75, 3.05) is 26.2 Å². The molecule has 0 radical (unpaired) electrons. The molecule has 1 saturated heterocycles. The number of aryl methyl sites for hydroxylation is 1. The molecule has 0 spiro atoms. The van der Waals surface area contributed by atoms with E-state index >= 15 is 0 Å². The van der Waals surface area contributed by atoms with Gasteiger partial charge in [0.25, 0.3) is 10.0 Å². The van der Waals surface area contributed by atoms with Crippen LogP contribution in [0, 0.1) is 6.92 Å². The highest BCUT2D eigenvalue weighted by Gasteiger charge is 2.26. The van der Waals surface area contributed by atoms with Crippen LogP contribution < -0.4 is 10.0 Å². The SMILES string of the molecule is Cc1ccc(C(CNC(=O)CNS(=O)(=O)c2cccs2)N2CCCC2)o1. The summed E-state index contributed by atoms with van der Waals surface area (Å²) in [6.45, 7) is 3.91. The molecule has 0 bridgehead atoms. The van der Waals surface area contributed by atoms with Gasteiger partial charge in [-0.1, -0.05) is 6.07 Å². The molecule has 1 unspecified atom stereocenters. The smallest absolute Gasteiger partial charge is 0.250 e. The Balaban J connectivity index is 1.56.